The second kappa shape index (κ2) is 6.04. The summed E-state index contributed by atoms with van der Waals surface area (Å²) in [6.45, 7) is 2.00. The zero-order chi connectivity index (χ0) is 16.4. The Balaban J connectivity index is 1.89. The molecule has 0 radical (unpaired) electrons. The molecule has 0 atom stereocenters. The lowest BCUT2D eigenvalue weighted by Crippen LogP contribution is -2.16. The Hall–Kier alpha value is -2.95. The van der Waals surface area contributed by atoms with Gasteiger partial charge in [-0.15, -0.1) is 0 Å². The molecule has 3 rings (SSSR count). The molecule has 0 fully saturated rings. The van der Waals surface area contributed by atoms with Gasteiger partial charge in [0.25, 0.3) is 5.91 Å². The molecule has 4 nitrogen and oxygen atoms in total. The maximum absolute atomic E-state index is 13.7. The van der Waals surface area contributed by atoms with Gasteiger partial charge in [0.15, 0.2) is 0 Å². The number of imidazole rings is 1. The van der Waals surface area contributed by atoms with Crippen LogP contribution in [0.4, 0.5) is 10.3 Å². The van der Waals surface area contributed by atoms with Crippen LogP contribution in [-0.4, -0.2) is 15.5 Å². The molecule has 0 unspecified atom stereocenters. The number of nitrogens with one attached hydrogen (secondary N) is 1. The molecule has 0 aliphatic heterocycles. The van der Waals surface area contributed by atoms with E-state index in [4.69, 9.17) is 0 Å². The first kappa shape index (κ1) is 15.0. The second-order valence-electron chi connectivity index (χ2n) is 5.31. The van der Waals surface area contributed by atoms with Crippen molar-refractivity contribution in [1.29, 1.82) is 0 Å². The Morgan fingerprint density at radius 3 is 2.57 bits per heavy atom. The van der Waals surface area contributed by atoms with E-state index in [-0.39, 0.29) is 5.56 Å². The number of nitrogens with zero attached hydrogens (tertiary/aromatic N) is 2. The Kier molecular flexibility index (Phi) is 3.93. The van der Waals surface area contributed by atoms with E-state index in [9.17, 15) is 9.18 Å². The van der Waals surface area contributed by atoms with Crippen LogP contribution in [0.25, 0.3) is 11.3 Å². The number of hydrogen-bond donors (Lipinski definition) is 1. The smallest absolute Gasteiger partial charge is 0.260 e. The third-order valence-corrected chi connectivity index (χ3v) is 3.64. The number of carbonyl (C=O) groups excluding carboxylic acids is 1. The van der Waals surface area contributed by atoms with Crippen molar-refractivity contribution in [3.05, 3.63) is 71.7 Å². The highest BCUT2D eigenvalue weighted by Crippen LogP contribution is 2.23. The van der Waals surface area contributed by atoms with Crippen molar-refractivity contribution >= 4 is 11.9 Å². The van der Waals surface area contributed by atoms with Crippen LogP contribution in [-0.2, 0) is 7.05 Å². The van der Waals surface area contributed by atoms with Gasteiger partial charge in [-0.05, 0) is 24.6 Å². The van der Waals surface area contributed by atoms with Crippen molar-refractivity contribution in [2.45, 2.75) is 6.92 Å². The standard InChI is InChI=1S/C18H16FN3O/c1-12-7-3-4-8-13(12)16-11-22(2)18(20-16)21-17(23)14-9-5-6-10-15(14)19/h3-11H,1-2H3,(H,20,21,23). The molecule has 5 heteroatoms. The molecule has 1 heterocycles. The normalized spacial score (nSPS) is 10.6. The van der Waals surface area contributed by atoms with Gasteiger partial charge in [-0.2, -0.15) is 0 Å². The lowest BCUT2D eigenvalue weighted by molar-refractivity contribution is 0.102. The zero-order valence-corrected chi connectivity index (χ0v) is 12.9. The molecule has 1 amide bonds. The van der Waals surface area contributed by atoms with E-state index in [1.165, 1.54) is 12.1 Å². The molecule has 0 saturated heterocycles. The molecule has 1 aromatic heterocycles. The fraction of sp³-hybridized carbons (Fsp3) is 0.111. The van der Waals surface area contributed by atoms with Crippen LogP contribution in [0.1, 0.15) is 15.9 Å². The average molecular weight is 309 g/mol. The van der Waals surface area contributed by atoms with Crippen LogP contribution in [0, 0.1) is 12.7 Å². The Bertz CT molecular complexity index is 870. The third-order valence-electron chi connectivity index (χ3n) is 3.64. The van der Waals surface area contributed by atoms with E-state index < -0.39 is 11.7 Å². The SMILES string of the molecule is Cc1ccccc1-c1cn(C)c(NC(=O)c2ccccc2F)n1. The minimum absolute atomic E-state index is 0.00654. The molecular formula is C18H16FN3O. The first-order valence-electron chi connectivity index (χ1n) is 7.21. The quantitative estimate of drug-likeness (QED) is 0.800. The molecule has 0 aliphatic rings. The van der Waals surface area contributed by atoms with E-state index in [1.54, 1.807) is 23.7 Å². The van der Waals surface area contributed by atoms with Gasteiger partial charge in [0, 0.05) is 18.8 Å². The summed E-state index contributed by atoms with van der Waals surface area (Å²) < 4.78 is 15.4. The summed E-state index contributed by atoms with van der Waals surface area (Å²) in [5, 5.41) is 2.65. The van der Waals surface area contributed by atoms with E-state index in [2.05, 4.69) is 10.3 Å². The first-order chi connectivity index (χ1) is 11.1. The second-order valence-corrected chi connectivity index (χ2v) is 5.31. The van der Waals surface area contributed by atoms with Gasteiger partial charge in [-0.1, -0.05) is 36.4 Å². The predicted molar refractivity (Wildman–Crippen MR) is 87.7 cm³/mol. The largest absolute Gasteiger partial charge is 0.320 e. The van der Waals surface area contributed by atoms with Crippen molar-refractivity contribution in [3.8, 4) is 11.3 Å². The lowest BCUT2D eigenvalue weighted by Gasteiger charge is -2.05. The Morgan fingerprint density at radius 1 is 1.13 bits per heavy atom. The molecule has 2 aromatic carbocycles. The molecule has 23 heavy (non-hydrogen) atoms. The zero-order valence-electron chi connectivity index (χ0n) is 12.9. The van der Waals surface area contributed by atoms with Gasteiger partial charge >= 0.3 is 0 Å². The van der Waals surface area contributed by atoms with Gasteiger partial charge < -0.3 is 4.57 Å². The number of amides is 1. The van der Waals surface area contributed by atoms with Gasteiger partial charge in [0.1, 0.15) is 5.82 Å². The van der Waals surface area contributed by atoms with Crippen LogP contribution in [0.2, 0.25) is 0 Å². The Labute approximate surface area is 133 Å². The topological polar surface area (TPSA) is 46.9 Å². The van der Waals surface area contributed by atoms with Gasteiger partial charge in [-0.3, -0.25) is 10.1 Å². The fourth-order valence-corrected chi connectivity index (χ4v) is 2.39. The average Bonchev–Trinajstić information content (AvgIpc) is 2.89. The van der Waals surface area contributed by atoms with E-state index >= 15 is 0 Å². The van der Waals surface area contributed by atoms with Gasteiger partial charge in [-0.25, -0.2) is 9.37 Å². The summed E-state index contributed by atoms with van der Waals surface area (Å²) >= 11 is 0. The van der Waals surface area contributed by atoms with Crippen molar-refractivity contribution in [2.75, 3.05) is 5.32 Å². The highest BCUT2D eigenvalue weighted by atomic mass is 19.1. The summed E-state index contributed by atoms with van der Waals surface area (Å²) in [4.78, 5) is 16.6. The molecule has 3 aromatic rings. The van der Waals surface area contributed by atoms with Crippen LogP contribution in [0.5, 0.6) is 0 Å². The van der Waals surface area contributed by atoms with Crippen molar-refractivity contribution < 1.29 is 9.18 Å². The minimum Gasteiger partial charge on any atom is -0.320 e. The van der Waals surface area contributed by atoms with Crippen molar-refractivity contribution in [2.24, 2.45) is 7.05 Å². The van der Waals surface area contributed by atoms with Gasteiger partial charge in [0.05, 0.1) is 11.3 Å². The van der Waals surface area contributed by atoms with E-state index in [0.29, 0.717) is 5.95 Å². The number of hydrogen-bond acceptors (Lipinski definition) is 2. The summed E-state index contributed by atoms with van der Waals surface area (Å²) in [6.07, 6.45) is 1.83. The molecule has 1 N–H and O–H groups in total. The van der Waals surface area contributed by atoms with E-state index in [0.717, 1.165) is 16.8 Å². The molecule has 0 spiro atoms. The molecular weight excluding hydrogens is 293 g/mol. The van der Waals surface area contributed by atoms with Crippen molar-refractivity contribution in [3.63, 3.8) is 0 Å². The number of rotatable bonds is 3. The molecule has 0 bridgehead atoms. The third kappa shape index (κ3) is 2.99. The molecule has 116 valence electrons. The first-order valence-corrected chi connectivity index (χ1v) is 7.21. The number of aryl methyl sites for hydroxylation is 2. The highest BCUT2D eigenvalue weighted by Gasteiger charge is 2.15. The van der Waals surface area contributed by atoms with Crippen LogP contribution >= 0.6 is 0 Å². The van der Waals surface area contributed by atoms with E-state index in [1.807, 2.05) is 37.4 Å². The van der Waals surface area contributed by atoms with Crippen LogP contribution in [0.3, 0.4) is 0 Å². The van der Waals surface area contributed by atoms with Crippen LogP contribution < -0.4 is 5.32 Å². The minimum atomic E-state index is -0.557. The highest BCUT2D eigenvalue weighted by molar-refractivity contribution is 6.03. The van der Waals surface area contributed by atoms with Gasteiger partial charge in [0.2, 0.25) is 5.95 Å². The molecule has 0 saturated carbocycles. The maximum Gasteiger partial charge on any atom is 0.260 e. The Morgan fingerprint density at radius 2 is 1.83 bits per heavy atom. The van der Waals surface area contributed by atoms with Crippen LogP contribution in [0.15, 0.2) is 54.7 Å². The number of aromatic nitrogens is 2. The monoisotopic (exact) mass is 309 g/mol. The fourth-order valence-electron chi connectivity index (χ4n) is 2.39. The number of carbonyl (C=O) groups is 1. The predicted octanol–water partition coefficient (Wildman–Crippen LogP) is 3.79. The molecule has 0 aliphatic carbocycles. The summed E-state index contributed by atoms with van der Waals surface area (Å²) in [6, 6.07) is 13.7. The van der Waals surface area contributed by atoms with Crippen molar-refractivity contribution in [1.82, 2.24) is 9.55 Å². The number of anilines is 1. The lowest BCUT2D eigenvalue weighted by atomic mass is 10.1. The maximum atomic E-state index is 13.7. The summed E-state index contributed by atoms with van der Waals surface area (Å²) in [7, 11) is 1.78. The summed E-state index contributed by atoms with van der Waals surface area (Å²) in [5.74, 6) is -0.706. The number of benzene rings is 2. The summed E-state index contributed by atoms with van der Waals surface area (Å²) in [5.41, 5.74) is 2.84. The number of halogens is 1.